The molecule has 1 aliphatic heterocycles. The van der Waals surface area contributed by atoms with Gasteiger partial charge in [-0.15, -0.1) is 6.58 Å². The van der Waals surface area contributed by atoms with Crippen LogP contribution in [0.25, 0.3) is 0 Å². The van der Waals surface area contributed by atoms with Gasteiger partial charge in [0, 0.05) is 20.8 Å². The molecule has 0 aromatic heterocycles. The Hall–Kier alpha value is -2.10. The summed E-state index contributed by atoms with van der Waals surface area (Å²) in [7, 11) is 0. The smallest absolute Gasteiger partial charge is 0.399 e. The Balaban J connectivity index is 3.29. The first kappa shape index (κ1) is 20.9. The summed E-state index contributed by atoms with van der Waals surface area (Å²) < 4.78 is 60.6. The highest BCUT2D eigenvalue weighted by molar-refractivity contribution is 5.67. The summed E-state index contributed by atoms with van der Waals surface area (Å²) >= 11 is 0. The standard InChI is InChI=1S/C15H19F3O7/c1-5-10-13(23-8(3)20)12(15(16,17)18)14(24-9(4)21)11(25-10)6-22-7(2)19/h5,10-14H,1,6H2,2-4H3/t10-,11?,12?,13?,14+/m0/s1. The highest BCUT2D eigenvalue weighted by Gasteiger charge is 2.60. The lowest BCUT2D eigenvalue weighted by atomic mass is 9.85. The molecule has 3 unspecified atom stereocenters. The third-order valence-electron chi connectivity index (χ3n) is 3.40. The molecule has 0 spiro atoms. The topological polar surface area (TPSA) is 88.1 Å². The van der Waals surface area contributed by atoms with Gasteiger partial charge in [-0.2, -0.15) is 13.2 Å². The van der Waals surface area contributed by atoms with Crippen LogP contribution in [0.5, 0.6) is 0 Å². The molecule has 10 heteroatoms. The Kier molecular flexibility index (Phi) is 6.97. The van der Waals surface area contributed by atoms with Crippen LogP contribution in [0.15, 0.2) is 12.7 Å². The summed E-state index contributed by atoms with van der Waals surface area (Å²) in [6.07, 6.45) is -10.3. The van der Waals surface area contributed by atoms with E-state index < -0.39 is 61.0 Å². The number of rotatable bonds is 5. The minimum atomic E-state index is -4.89. The third-order valence-corrected chi connectivity index (χ3v) is 3.40. The van der Waals surface area contributed by atoms with Crippen LogP contribution in [-0.2, 0) is 33.3 Å². The van der Waals surface area contributed by atoms with E-state index in [9.17, 15) is 27.6 Å². The largest absolute Gasteiger partial charge is 0.463 e. The molecule has 0 aromatic rings. The van der Waals surface area contributed by atoms with E-state index in [0.717, 1.165) is 26.8 Å². The maximum atomic E-state index is 13.6. The van der Waals surface area contributed by atoms with E-state index in [4.69, 9.17) is 18.9 Å². The molecule has 0 aromatic carbocycles. The van der Waals surface area contributed by atoms with Gasteiger partial charge in [0.25, 0.3) is 0 Å². The Labute approximate surface area is 142 Å². The van der Waals surface area contributed by atoms with Crippen LogP contribution >= 0.6 is 0 Å². The summed E-state index contributed by atoms with van der Waals surface area (Å²) in [5, 5.41) is 0. The molecule has 1 saturated heterocycles. The lowest BCUT2D eigenvalue weighted by Crippen LogP contribution is -2.61. The molecule has 5 atom stereocenters. The molecule has 142 valence electrons. The maximum Gasteiger partial charge on any atom is 0.399 e. The van der Waals surface area contributed by atoms with Crippen molar-refractivity contribution in [3.05, 3.63) is 12.7 Å². The number of carbonyl (C=O) groups excluding carboxylic acids is 3. The molecule has 7 nitrogen and oxygen atoms in total. The lowest BCUT2D eigenvalue weighted by molar-refractivity contribution is -0.291. The predicted octanol–water partition coefficient (Wildman–Crippen LogP) is 1.54. The first-order valence-corrected chi connectivity index (χ1v) is 7.30. The summed E-state index contributed by atoms with van der Waals surface area (Å²) in [4.78, 5) is 33.4. The molecule has 1 heterocycles. The van der Waals surface area contributed by atoms with E-state index in [1.807, 2.05) is 0 Å². The molecule has 1 rings (SSSR count). The summed E-state index contributed by atoms with van der Waals surface area (Å²) in [5.74, 6) is -5.08. The first-order valence-electron chi connectivity index (χ1n) is 7.30. The second-order valence-electron chi connectivity index (χ2n) is 5.39. The first-order chi connectivity index (χ1) is 11.5. The Morgan fingerprint density at radius 1 is 1.04 bits per heavy atom. The fraction of sp³-hybridized carbons (Fsp3) is 0.667. The minimum Gasteiger partial charge on any atom is -0.463 e. The molecular weight excluding hydrogens is 349 g/mol. The van der Waals surface area contributed by atoms with Gasteiger partial charge >= 0.3 is 24.1 Å². The number of ether oxygens (including phenoxy) is 4. The van der Waals surface area contributed by atoms with E-state index in [1.165, 1.54) is 0 Å². The van der Waals surface area contributed by atoms with Gasteiger partial charge in [-0.25, -0.2) is 0 Å². The molecule has 0 amide bonds. The number of halogens is 3. The van der Waals surface area contributed by atoms with Crippen molar-refractivity contribution < 1.29 is 46.5 Å². The molecule has 0 saturated carbocycles. The average molecular weight is 368 g/mol. The number of carbonyl (C=O) groups is 3. The minimum absolute atomic E-state index is 0.572. The predicted molar refractivity (Wildman–Crippen MR) is 76.1 cm³/mol. The van der Waals surface area contributed by atoms with Crippen LogP contribution in [0.3, 0.4) is 0 Å². The molecular formula is C15H19F3O7. The molecule has 1 fully saturated rings. The van der Waals surface area contributed by atoms with Crippen LogP contribution < -0.4 is 0 Å². The monoisotopic (exact) mass is 368 g/mol. The van der Waals surface area contributed by atoms with Crippen molar-refractivity contribution in [3.8, 4) is 0 Å². The highest BCUT2D eigenvalue weighted by Crippen LogP contribution is 2.41. The zero-order valence-corrected chi connectivity index (χ0v) is 13.9. The van der Waals surface area contributed by atoms with Crippen molar-refractivity contribution in [2.75, 3.05) is 6.61 Å². The fourth-order valence-corrected chi connectivity index (χ4v) is 2.55. The van der Waals surface area contributed by atoms with Crippen molar-refractivity contribution in [1.29, 1.82) is 0 Å². The average Bonchev–Trinajstić information content (AvgIpc) is 2.43. The van der Waals surface area contributed by atoms with E-state index in [2.05, 4.69) is 6.58 Å². The highest BCUT2D eigenvalue weighted by atomic mass is 19.4. The zero-order valence-electron chi connectivity index (χ0n) is 13.9. The second kappa shape index (κ2) is 8.32. The van der Waals surface area contributed by atoms with Gasteiger partial charge in [-0.05, 0) is 0 Å². The summed E-state index contributed by atoms with van der Waals surface area (Å²) in [6, 6.07) is 0. The SMILES string of the molecule is C=C[C@@H]1OC(COC(C)=O)[C@@H](OC(C)=O)C(C(F)(F)F)C1OC(C)=O. The van der Waals surface area contributed by atoms with Gasteiger partial charge in [0.05, 0.1) is 0 Å². The zero-order chi connectivity index (χ0) is 19.4. The molecule has 0 radical (unpaired) electrons. The normalized spacial score (nSPS) is 29.4. The van der Waals surface area contributed by atoms with E-state index >= 15 is 0 Å². The number of hydrogen-bond acceptors (Lipinski definition) is 7. The van der Waals surface area contributed by atoms with Crippen LogP contribution in [-0.4, -0.2) is 55.1 Å². The van der Waals surface area contributed by atoms with Crippen LogP contribution in [0.1, 0.15) is 20.8 Å². The third kappa shape index (κ3) is 5.73. The van der Waals surface area contributed by atoms with Crippen molar-refractivity contribution in [3.63, 3.8) is 0 Å². The van der Waals surface area contributed by atoms with E-state index in [0.29, 0.717) is 0 Å². The quantitative estimate of drug-likeness (QED) is 0.413. The maximum absolute atomic E-state index is 13.6. The molecule has 0 aliphatic carbocycles. The van der Waals surface area contributed by atoms with Crippen LogP contribution in [0, 0.1) is 5.92 Å². The summed E-state index contributed by atoms with van der Waals surface area (Å²) in [5.41, 5.74) is 0. The van der Waals surface area contributed by atoms with Crippen molar-refractivity contribution in [2.45, 2.75) is 51.4 Å². The van der Waals surface area contributed by atoms with Crippen LogP contribution in [0.4, 0.5) is 13.2 Å². The molecule has 0 N–H and O–H groups in total. The van der Waals surface area contributed by atoms with Crippen molar-refractivity contribution in [1.82, 2.24) is 0 Å². The van der Waals surface area contributed by atoms with Gasteiger partial charge in [-0.3, -0.25) is 14.4 Å². The number of hydrogen-bond donors (Lipinski definition) is 0. The van der Waals surface area contributed by atoms with Gasteiger partial charge < -0.3 is 18.9 Å². The Morgan fingerprint density at radius 2 is 1.56 bits per heavy atom. The second-order valence-corrected chi connectivity index (χ2v) is 5.39. The van der Waals surface area contributed by atoms with Crippen LogP contribution in [0.2, 0.25) is 0 Å². The fourth-order valence-electron chi connectivity index (χ4n) is 2.55. The molecule has 25 heavy (non-hydrogen) atoms. The Morgan fingerprint density at radius 3 is 1.96 bits per heavy atom. The van der Waals surface area contributed by atoms with E-state index in [-0.39, 0.29) is 0 Å². The Bertz CT molecular complexity index is 532. The molecule has 1 aliphatic rings. The van der Waals surface area contributed by atoms with Crippen molar-refractivity contribution in [2.24, 2.45) is 5.92 Å². The number of esters is 3. The van der Waals surface area contributed by atoms with Crippen molar-refractivity contribution >= 4 is 17.9 Å². The van der Waals surface area contributed by atoms with Gasteiger partial charge in [0.2, 0.25) is 0 Å². The number of alkyl halides is 3. The van der Waals surface area contributed by atoms with Gasteiger partial charge in [0.1, 0.15) is 36.9 Å². The lowest BCUT2D eigenvalue weighted by Gasteiger charge is -2.44. The van der Waals surface area contributed by atoms with Gasteiger partial charge in [-0.1, -0.05) is 6.08 Å². The molecule has 0 bridgehead atoms. The summed E-state index contributed by atoms with van der Waals surface area (Å²) in [6.45, 7) is 5.74. The van der Waals surface area contributed by atoms with Gasteiger partial charge in [0.15, 0.2) is 0 Å². The van der Waals surface area contributed by atoms with E-state index in [1.54, 1.807) is 0 Å².